The fraction of sp³-hybridized carbons (Fsp3) is 0.167. The molecule has 0 fully saturated rings. The lowest BCUT2D eigenvalue weighted by Gasteiger charge is -1.99. The quantitative estimate of drug-likeness (QED) is 0.736. The Balaban J connectivity index is 2.09. The zero-order chi connectivity index (χ0) is 12.5. The number of hydrogen-bond acceptors (Lipinski definition) is 5. The van der Waals surface area contributed by atoms with E-state index in [4.69, 9.17) is 12.4 Å². The summed E-state index contributed by atoms with van der Waals surface area (Å²) in [7, 11) is 0. The van der Waals surface area contributed by atoms with Crippen LogP contribution in [0.25, 0.3) is 10.9 Å². The van der Waals surface area contributed by atoms with Crippen LogP contribution in [0.4, 0.5) is 5.82 Å². The number of aromatic nitrogens is 3. The molecule has 0 amide bonds. The SMILES string of the molecule is Cc1nc(Cn2nc(N=S)c3ccccc32)cs1. The first-order valence-electron chi connectivity index (χ1n) is 5.48. The molecule has 4 nitrogen and oxygen atoms in total. The van der Waals surface area contributed by atoms with E-state index in [0.29, 0.717) is 12.4 Å². The van der Waals surface area contributed by atoms with Crippen molar-refractivity contribution in [3.05, 3.63) is 40.3 Å². The standard InChI is InChI=1S/C12H10N4S2/c1-8-13-9(7-18-8)6-16-11-5-3-2-4-10(11)12(14-16)15-17/h2-5,7H,6H2,1H3. The minimum Gasteiger partial charge on any atom is -0.257 e. The van der Waals surface area contributed by atoms with Gasteiger partial charge < -0.3 is 0 Å². The van der Waals surface area contributed by atoms with Crippen LogP contribution in [-0.2, 0) is 19.0 Å². The summed E-state index contributed by atoms with van der Waals surface area (Å²) in [5.41, 5.74) is 2.05. The summed E-state index contributed by atoms with van der Waals surface area (Å²) < 4.78 is 5.70. The second-order valence-electron chi connectivity index (χ2n) is 3.95. The highest BCUT2D eigenvalue weighted by Crippen LogP contribution is 2.25. The fourth-order valence-corrected chi connectivity index (χ4v) is 2.67. The number of aryl methyl sites for hydroxylation is 1. The molecule has 0 spiro atoms. The Morgan fingerprint density at radius 1 is 1.39 bits per heavy atom. The van der Waals surface area contributed by atoms with Crippen LogP contribution in [0.1, 0.15) is 10.7 Å². The highest BCUT2D eigenvalue weighted by atomic mass is 32.1. The second kappa shape index (κ2) is 4.55. The van der Waals surface area contributed by atoms with E-state index >= 15 is 0 Å². The molecule has 0 bridgehead atoms. The number of thiazole rings is 1. The van der Waals surface area contributed by atoms with Crippen molar-refractivity contribution in [2.45, 2.75) is 13.5 Å². The number of para-hydroxylation sites is 1. The molecule has 3 aromatic rings. The van der Waals surface area contributed by atoms with Crippen LogP contribution in [0, 0.1) is 6.92 Å². The Bertz CT molecular complexity index is 714. The second-order valence-corrected chi connectivity index (χ2v) is 5.19. The maximum Gasteiger partial charge on any atom is 0.194 e. The monoisotopic (exact) mass is 274 g/mol. The molecule has 0 atom stereocenters. The minimum atomic E-state index is 0.604. The van der Waals surface area contributed by atoms with E-state index in [9.17, 15) is 0 Å². The summed E-state index contributed by atoms with van der Waals surface area (Å²) in [4.78, 5) is 4.45. The highest BCUT2D eigenvalue weighted by molar-refractivity contribution is 7.47. The zero-order valence-electron chi connectivity index (χ0n) is 9.70. The number of fused-ring (bicyclic) bond motifs is 1. The van der Waals surface area contributed by atoms with Crippen molar-refractivity contribution in [2.24, 2.45) is 4.36 Å². The van der Waals surface area contributed by atoms with E-state index in [1.165, 1.54) is 0 Å². The van der Waals surface area contributed by atoms with Crippen molar-refractivity contribution in [3.63, 3.8) is 0 Å². The summed E-state index contributed by atoms with van der Waals surface area (Å²) in [6, 6.07) is 7.95. The van der Waals surface area contributed by atoms with Gasteiger partial charge in [0, 0.05) is 23.2 Å². The van der Waals surface area contributed by atoms with Gasteiger partial charge >= 0.3 is 0 Å². The molecule has 0 radical (unpaired) electrons. The van der Waals surface area contributed by atoms with Gasteiger partial charge in [-0.1, -0.05) is 12.1 Å². The molecule has 0 aliphatic rings. The predicted octanol–water partition coefficient (Wildman–Crippen LogP) is 3.21. The molecule has 3 rings (SSSR count). The van der Waals surface area contributed by atoms with Crippen molar-refractivity contribution in [1.29, 1.82) is 0 Å². The van der Waals surface area contributed by atoms with E-state index in [1.807, 2.05) is 35.9 Å². The van der Waals surface area contributed by atoms with Gasteiger partial charge in [0.05, 0.1) is 22.8 Å². The molecule has 0 saturated carbocycles. The van der Waals surface area contributed by atoms with Gasteiger partial charge in [-0.15, -0.1) is 11.3 Å². The molecule has 6 heteroatoms. The first kappa shape index (κ1) is 11.4. The van der Waals surface area contributed by atoms with Gasteiger partial charge in [0.2, 0.25) is 0 Å². The zero-order valence-corrected chi connectivity index (χ0v) is 11.3. The Hall–Kier alpha value is -1.66. The van der Waals surface area contributed by atoms with Crippen LogP contribution < -0.4 is 0 Å². The largest absolute Gasteiger partial charge is 0.257 e. The summed E-state index contributed by atoms with van der Waals surface area (Å²) in [6.45, 7) is 2.65. The number of hydrogen-bond donors (Lipinski definition) is 0. The van der Waals surface area contributed by atoms with Gasteiger partial charge in [0.25, 0.3) is 0 Å². The Morgan fingerprint density at radius 2 is 2.22 bits per heavy atom. The molecule has 0 N–H and O–H groups in total. The number of benzene rings is 1. The van der Waals surface area contributed by atoms with Crippen LogP contribution in [-0.4, -0.2) is 14.8 Å². The van der Waals surface area contributed by atoms with E-state index in [2.05, 4.69) is 19.8 Å². The average molecular weight is 274 g/mol. The average Bonchev–Trinajstić information content (AvgIpc) is 2.95. The Morgan fingerprint density at radius 3 is 2.94 bits per heavy atom. The van der Waals surface area contributed by atoms with Crippen LogP contribution in [0.5, 0.6) is 0 Å². The summed E-state index contributed by atoms with van der Waals surface area (Å²) in [5.74, 6) is 0.604. The van der Waals surface area contributed by atoms with Crippen LogP contribution in [0.3, 0.4) is 0 Å². The molecule has 90 valence electrons. The van der Waals surface area contributed by atoms with Crippen molar-refractivity contribution in [2.75, 3.05) is 0 Å². The van der Waals surface area contributed by atoms with E-state index < -0.39 is 0 Å². The van der Waals surface area contributed by atoms with Crippen molar-refractivity contribution < 1.29 is 0 Å². The number of rotatable bonds is 3. The number of nitrogens with zero attached hydrogens (tertiary/aromatic N) is 4. The van der Waals surface area contributed by atoms with E-state index in [-0.39, 0.29) is 0 Å². The predicted molar refractivity (Wildman–Crippen MR) is 75.1 cm³/mol. The van der Waals surface area contributed by atoms with Crippen molar-refractivity contribution in [1.82, 2.24) is 14.8 Å². The molecule has 0 aliphatic heterocycles. The normalized spacial score (nSPS) is 10.9. The first-order valence-corrected chi connectivity index (χ1v) is 6.72. The maximum absolute atomic E-state index is 4.76. The van der Waals surface area contributed by atoms with Crippen LogP contribution >= 0.6 is 11.3 Å². The molecule has 2 aromatic heterocycles. The Kier molecular flexibility index (Phi) is 2.89. The van der Waals surface area contributed by atoms with Gasteiger partial charge in [-0.05, 0) is 19.1 Å². The molecule has 18 heavy (non-hydrogen) atoms. The van der Waals surface area contributed by atoms with Gasteiger partial charge in [0.1, 0.15) is 0 Å². The molecule has 0 saturated heterocycles. The van der Waals surface area contributed by atoms with Gasteiger partial charge in [-0.2, -0.15) is 9.46 Å². The highest BCUT2D eigenvalue weighted by Gasteiger charge is 2.10. The van der Waals surface area contributed by atoms with Crippen LogP contribution in [0.15, 0.2) is 34.0 Å². The summed E-state index contributed by atoms with van der Waals surface area (Å²) >= 11 is 6.41. The third kappa shape index (κ3) is 1.93. The van der Waals surface area contributed by atoms with E-state index in [1.54, 1.807) is 11.3 Å². The molecule has 0 unspecified atom stereocenters. The Labute approximate surface area is 113 Å². The summed E-state index contributed by atoms with van der Waals surface area (Å²) in [6.07, 6.45) is 0. The molecule has 0 aliphatic carbocycles. The fourth-order valence-electron chi connectivity index (χ4n) is 1.93. The van der Waals surface area contributed by atoms with Crippen LogP contribution in [0.2, 0.25) is 0 Å². The van der Waals surface area contributed by atoms with Gasteiger partial charge in [-0.3, -0.25) is 4.68 Å². The lowest BCUT2D eigenvalue weighted by atomic mass is 10.2. The van der Waals surface area contributed by atoms with E-state index in [0.717, 1.165) is 21.6 Å². The molecule has 1 aromatic carbocycles. The molecular formula is C12H10N4S2. The molecule has 2 heterocycles. The summed E-state index contributed by atoms with van der Waals surface area (Å²) in [5, 5.41) is 8.52. The topological polar surface area (TPSA) is 43.1 Å². The first-order chi connectivity index (χ1) is 8.78. The lowest BCUT2D eigenvalue weighted by molar-refractivity contribution is 0.700. The van der Waals surface area contributed by atoms with Crippen molar-refractivity contribution >= 4 is 40.5 Å². The maximum atomic E-state index is 4.76. The van der Waals surface area contributed by atoms with Crippen molar-refractivity contribution in [3.8, 4) is 0 Å². The third-order valence-electron chi connectivity index (χ3n) is 2.70. The minimum absolute atomic E-state index is 0.604. The molecular weight excluding hydrogens is 264 g/mol. The van der Waals surface area contributed by atoms with Gasteiger partial charge in [0.15, 0.2) is 5.82 Å². The van der Waals surface area contributed by atoms with Gasteiger partial charge in [-0.25, -0.2) is 4.98 Å². The smallest absolute Gasteiger partial charge is 0.194 e. The lowest BCUT2D eigenvalue weighted by Crippen LogP contribution is -2.01. The third-order valence-corrected chi connectivity index (χ3v) is 3.70.